The Kier molecular flexibility index (Phi) is 5.96. The zero-order chi connectivity index (χ0) is 14.2. The maximum Gasteiger partial charge on any atom is 0.0346 e. The van der Waals surface area contributed by atoms with Crippen molar-refractivity contribution in [3.63, 3.8) is 0 Å². The molecule has 0 aliphatic rings. The van der Waals surface area contributed by atoms with Crippen molar-refractivity contribution < 1.29 is 0 Å². The van der Waals surface area contributed by atoms with E-state index in [2.05, 4.69) is 53.3 Å². The lowest BCUT2D eigenvalue weighted by Crippen LogP contribution is -2.32. The molecule has 0 bridgehead atoms. The first-order valence-corrected chi connectivity index (χ1v) is 7.59. The molecule has 0 amide bonds. The average molecular weight is 271 g/mol. The van der Waals surface area contributed by atoms with Gasteiger partial charge in [0.05, 0.1) is 0 Å². The number of likely N-dealkylation sites (N-methyl/N-ethyl adjacent to an activating group) is 1. The van der Waals surface area contributed by atoms with E-state index in [1.54, 1.807) is 0 Å². The largest absolute Gasteiger partial charge is 0.311 e. The molecular weight excluding hydrogens is 246 g/mol. The second-order valence-corrected chi connectivity index (χ2v) is 5.13. The Bertz CT molecular complexity index is 519. The smallest absolute Gasteiger partial charge is 0.0346 e. The van der Waals surface area contributed by atoms with E-state index in [4.69, 9.17) is 0 Å². The van der Waals surface area contributed by atoms with Crippen LogP contribution < -0.4 is 5.32 Å². The summed E-state index contributed by atoms with van der Waals surface area (Å²) in [6.45, 7) is 9.80. The van der Waals surface area contributed by atoms with Gasteiger partial charge in [0.15, 0.2) is 0 Å². The zero-order valence-electron chi connectivity index (χ0n) is 12.6. The van der Waals surface area contributed by atoms with Crippen molar-refractivity contribution in [3.8, 4) is 0 Å². The van der Waals surface area contributed by atoms with Crippen LogP contribution in [-0.4, -0.2) is 36.1 Å². The van der Waals surface area contributed by atoms with Crippen molar-refractivity contribution in [2.24, 2.45) is 0 Å². The van der Waals surface area contributed by atoms with Gasteiger partial charge >= 0.3 is 0 Å². The molecule has 3 heteroatoms. The summed E-state index contributed by atoms with van der Waals surface area (Å²) in [6.07, 6.45) is 5.12. The molecule has 108 valence electrons. The highest BCUT2D eigenvalue weighted by molar-refractivity contribution is 5.84. The number of pyridine rings is 1. The molecule has 0 fully saturated rings. The number of nitrogens with zero attached hydrogens (tertiary/aromatic N) is 2. The number of aromatic nitrogens is 1. The molecule has 0 atom stereocenters. The highest BCUT2D eigenvalue weighted by Gasteiger charge is 2.02. The Morgan fingerprint density at radius 1 is 1.10 bits per heavy atom. The van der Waals surface area contributed by atoms with Gasteiger partial charge in [-0.2, -0.15) is 0 Å². The number of hydrogen-bond donors (Lipinski definition) is 1. The third-order valence-electron chi connectivity index (χ3n) is 3.66. The minimum absolute atomic E-state index is 0.887. The summed E-state index contributed by atoms with van der Waals surface area (Å²) >= 11 is 0. The van der Waals surface area contributed by atoms with Gasteiger partial charge in [0.1, 0.15) is 0 Å². The molecule has 3 nitrogen and oxygen atoms in total. The molecular formula is C17H25N3. The summed E-state index contributed by atoms with van der Waals surface area (Å²) in [6, 6.07) is 8.44. The number of fused-ring (bicyclic) bond motifs is 1. The molecule has 2 aromatic rings. The van der Waals surface area contributed by atoms with Crippen LogP contribution in [0, 0.1) is 0 Å². The van der Waals surface area contributed by atoms with Crippen molar-refractivity contribution >= 4 is 10.8 Å². The zero-order valence-corrected chi connectivity index (χ0v) is 12.6. The summed E-state index contributed by atoms with van der Waals surface area (Å²) in [4.78, 5) is 6.80. The average Bonchev–Trinajstić information content (AvgIpc) is 2.50. The lowest BCUT2D eigenvalue weighted by atomic mass is 10.1. The molecule has 0 spiro atoms. The summed E-state index contributed by atoms with van der Waals surface area (Å²) in [7, 11) is 0. The Balaban J connectivity index is 1.87. The number of nitrogens with one attached hydrogen (secondary N) is 1. The predicted octanol–water partition coefficient (Wildman–Crippen LogP) is 3.06. The van der Waals surface area contributed by atoms with Crippen LogP contribution in [0.25, 0.3) is 10.8 Å². The Morgan fingerprint density at radius 3 is 2.75 bits per heavy atom. The van der Waals surface area contributed by atoms with Gasteiger partial charge in [-0.25, -0.2) is 0 Å². The minimum Gasteiger partial charge on any atom is -0.311 e. The van der Waals surface area contributed by atoms with Gasteiger partial charge in [-0.1, -0.05) is 38.1 Å². The molecule has 1 aromatic heterocycles. The van der Waals surface area contributed by atoms with Crippen LogP contribution in [-0.2, 0) is 6.54 Å². The van der Waals surface area contributed by atoms with Gasteiger partial charge in [-0.05, 0) is 30.5 Å². The van der Waals surface area contributed by atoms with E-state index in [-0.39, 0.29) is 0 Å². The monoisotopic (exact) mass is 271 g/mol. The maximum absolute atomic E-state index is 4.32. The molecule has 0 radical (unpaired) electrons. The standard InChI is InChI=1S/C17H25N3/c1-3-10-20(4-2)11-9-18-13-16-14-19-12-15-7-5-6-8-17(15)16/h5-8,12,14,18H,3-4,9-11,13H2,1-2H3. The highest BCUT2D eigenvalue weighted by atomic mass is 15.1. The summed E-state index contributed by atoms with van der Waals surface area (Å²) in [5.41, 5.74) is 1.28. The third-order valence-corrected chi connectivity index (χ3v) is 3.66. The molecule has 0 aliphatic heterocycles. The van der Waals surface area contributed by atoms with Crippen LogP contribution >= 0.6 is 0 Å². The lowest BCUT2D eigenvalue weighted by molar-refractivity contribution is 0.287. The Hall–Kier alpha value is -1.45. The quantitative estimate of drug-likeness (QED) is 0.748. The Morgan fingerprint density at radius 2 is 1.95 bits per heavy atom. The van der Waals surface area contributed by atoms with Crippen LogP contribution in [0.3, 0.4) is 0 Å². The summed E-state index contributed by atoms with van der Waals surface area (Å²) in [5, 5.41) is 6.05. The van der Waals surface area contributed by atoms with E-state index in [0.717, 1.165) is 26.2 Å². The van der Waals surface area contributed by atoms with Crippen molar-refractivity contribution in [1.29, 1.82) is 0 Å². The second kappa shape index (κ2) is 7.98. The molecule has 2 rings (SSSR count). The van der Waals surface area contributed by atoms with Crippen LogP contribution in [0.5, 0.6) is 0 Å². The van der Waals surface area contributed by atoms with Crippen molar-refractivity contribution in [2.45, 2.75) is 26.8 Å². The van der Waals surface area contributed by atoms with Gasteiger partial charge in [0.2, 0.25) is 0 Å². The van der Waals surface area contributed by atoms with Gasteiger partial charge in [0, 0.05) is 37.4 Å². The highest BCUT2D eigenvalue weighted by Crippen LogP contribution is 2.16. The first-order valence-electron chi connectivity index (χ1n) is 7.59. The number of hydrogen-bond acceptors (Lipinski definition) is 3. The SMILES string of the molecule is CCCN(CC)CCNCc1cncc2ccccc12. The second-order valence-electron chi connectivity index (χ2n) is 5.13. The van der Waals surface area contributed by atoms with Crippen LogP contribution in [0.15, 0.2) is 36.7 Å². The van der Waals surface area contributed by atoms with E-state index in [0.29, 0.717) is 0 Å². The lowest BCUT2D eigenvalue weighted by Gasteiger charge is -2.19. The van der Waals surface area contributed by atoms with Crippen molar-refractivity contribution in [3.05, 3.63) is 42.2 Å². The summed E-state index contributed by atoms with van der Waals surface area (Å²) < 4.78 is 0. The third kappa shape index (κ3) is 4.02. The van der Waals surface area contributed by atoms with Gasteiger partial charge in [0.25, 0.3) is 0 Å². The van der Waals surface area contributed by atoms with Crippen molar-refractivity contribution in [2.75, 3.05) is 26.2 Å². The summed E-state index contributed by atoms with van der Waals surface area (Å²) in [5.74, 6) is 0. The predicted molar refractivity (Wildman–Crippen MR) is 85.9 cm³/mol. The fraction of sp³-hybridized carbons (Fsp3) is 0.471. The topological polar surface area (TPSA) is 28.2 Å². The van der Waals surface area contributed by atoms with Crippen LogP contribution in [0.4, 0.5) is 0 Å². The van der Waals surface area contributed by atoms with Gasteiger partial charge in [-0.15, -0.1) is 0 Å². The Labute approximate surface area is 122 Å². The fourth-order valence-electron chi connectivity index (χ4n) is 2.52. The molecule has 0 aliphatic carbocycles. The molecule has 0 saturated carbocycles. The molecule has 20 heavy (non-hydrogen) atoms. The fourth-order valence-corrected chi connectivity index (χ4v) is 2.52. The normalized spacial score (nSPS) is 11.3. The molecule has 1 heterocycles. The van der Waals surface area contributed by atoms with E-state index in [1.165, 1.54) is 29.3 Å². The van der Waals surface area contributed by atoms with E-state index >= 15 is 0 Å². The first-order chi connectivity index (χ1) is 9.85. The number of benzene rings is 1. The van der Waals surface area contributed by atoms with Gasteiger partial charge < -0.3 is 10.2 Å². The minimum atomic E-state index is 0.887. The maximum atomic E-state index is 4.32. The van der Waals surface area contributed by atoms with Gasteiger partial charge in [-0.3, -0.25) is 4.98 Å². The van der Waals surface area contributed by atoms with E-state index < -0.39 is 0 Å². The molecule has 1 N–H and O–H groups in total. The van der Waals surface area contributed by atoms with Crippen LogP contribution in [0.1, 0.15) is 25.8 Å². The van der Waals surface area contributed by atoms with E-state index in [1.807, 2.05) is 12.4 Å². The van der Waals surface area contributed by atoms with E-state index in [9.17, 15) is 0 Å². The van der Waals surface area contributed by atoms with Crippen LogP contribution in [0.2, 0.25) is 0 Å². The number of rotatable bonds is 8. The molecule has 0 saturated heterocycles. The first kappa shape index (κ1) is 14.9. The molecule has 1 aromatic carbocycles. The van der Waals surface area contributed by atoms with Crippen molar-refractivity contribution in [1.82, 2.24) is 15.2 Å². The molecule has 0 unspecified atom stereocenters.